The lowest BCUT2D eigenvalue weighted by Gasteiger charge is -2.42. The summed E-state index contributed by atoms with van der Waals surface area (Å²) in [4.78, 5) is 22.3. The van der Waals surface area contributed by atoms with Crippen LogP contribution >= 0.6 is 0 Å². The highest BCUT2D eigenvalue weighted by Gasteiger charge is 2.35. The van der Waals surface area contributed by atoms with E-state index >= 15 is 0 Å². The number of nitrogens with zero attached hydrogens (tertiary/aromatic N) is 3. The summed E-state index contributed by atoms with van der Waals surface area (Å²) in [5.41, 5.74) is 2.83. The van der Waals surface area contributed by atoms with Crippen LogP contribution in [0.3, 0.4) is 0 Å². The predicted octanol–water partition coefficient (Wildman–Crippen LogP) is 3.95. The molecular weight excluding hydrogens is 453 g/mol. The number of aryl methyl sites for hydroxylation is 2. The number of anilines is 1. The zero-order chi connectivity index (χ0) is 24.5. The first kappa shape index (κ1) is 24.6. The van der Waals surface area contributed by atoms with Gasteiger partial charge in [0.25, 0.3) is 0 Å². The Kier molecular flexibility index (Phi) is 7.26. The van der Waals surface area contributed by atoms with Gasteiger partial charge in [0.15, 0.2) is 9.84 Å². The molecule has 8 heteroatoms. The molecule has 6 nitrogen and oxygen atoms in total. The number of sulfone groups is 1. The standard InChI is InChI=1S/C26H34FN3O3S/c1-4-19-14-18(2)25(28-17-19)29-12-9-22(10-13-29)30-11-5-6-21(26(30)31)15-20-7-8-23(16-24(20)27)34(3,32)33/h7-8,14,16-17,21-22H,4-6,9-13,15H2,1-3H3. The highest BCUT2D eigenvalue weighted by Crippen LogP contribution is 2.30. The van der Waals surface area contributed by atoms with Crippen molar-refractivity contribution in [3.8, 4) is 0 Å². The number of pyridine rings is 1. The lowest BCUT2D eigenvalue weighted by Crippen LogP contribution is -2.52. The molecule has 34 heavy (non-hydrogen) atoms. The number of aromatic nitrogens is 1. The fraction of sp³-hybridized carbons (Fsp3) is 0.538. The van der Waals surface area contributed by atoms with Crippen molar-refractivity contribution < 1.29 is 17.6 Å². The van der Waals surface area contributed by atoms with E-state index < -0.39 is 15.7 Å². The van der Waals surface area contributed by atoms with Gasteiger partial charge in [-0.15, -0.1) is 0 Å². The van der Waals surface area contributed by atoms with Crippen LogP contribution in [0.1, 0.15) is 49.3 Å². The predicted molar refractivity (Wildman–Crippen MR) is 131 cm³/mol. The maximum atomic E-state index is 14.6. The van der Waals surface area contributed by atoms with Crippen molar-refractivity contribution in [3.63, 3.8) is 0 Å². The number of benzene rings is 1. The second-order valence-electron chi connectivity index (χ2n) is 9.66. The summed E-state index contributed by atoms with van der Waals surface area (Å²) in [5.74, 6) is 0.304. The first-order valence-electron chi connectivity index (χ1n) is 12.2. The molecule has 1 aromatic heterocycles. The van der Waals surface area contributed by atoms with Gasteiger partial charge in [0, 0.05) is 44.0 Å². The van der Waals surface area contributed by atoms with Gasteiger partial charge in [0.2, 0.25) is 5.91 Å². The lowest BCUT2D eigenvalue weighted by molar-refractivity contribution is -0.141. The maximum absolute atomic E-state index is 14.6. The summed E-state index contributed by atoms with van der Waals surface area (Å²) in [5, 5.41) is 0. The summed E-state index contributed by atoms with van der Waals surface area (Å²) in [6, 6.07) is 6.40. The number of halogens is 1. The van der Waals surface area contributed by atoms with Crippen LogP contribution < -0.4 is 4.90 Å². The van der Waals surface area contributed by atoms with Gasteiger partial charge < -0.3 is 9.80 Å². The van der Waals surface area contributed by atoms with Gasteiger partial charge in [-0.3, -0.25) is 4.79 Å². The van der Waals surface area contributed by atoms with Gasteiger partial charge in [0.05, 0.1) is 4.90 Å². The Balaban J connectivity index is 1.39. The van der Waals surface area contributed by atoms with Crippen molar-refractivity contribution >= 4 is 21.6 Å². The Bertz CT molecular complexity index is 1160. The van der Waals surface area contributed by atoms with Crippen LogP contribution in [0.2, 0.25) is 0 Å². The molecule has 0 saturated carbocycles. The molecule has 4 rings (SSSR count). The number of amides is 1. The molecule has 184 valence electrons. The van der Waals surface area contributed by atoms with Crippen molar-refractivity contribution in [1.29, 1.82) is 0 Å². The smallest absolute Gasteiger partial charge is 0.226 e. The van der Waals surface area contributed by atoms with Gasteiger partial charge in [0.1, 0.15) is 11.6 Å². The van der Waals surface area contributed by atoms with E-state index in [4.69, 9.17) is 0 Å². The van der Waals surface area contributed by atoms with E-state index in [1.54, 1.807) is 0 Å². The number of carbonyl (C=O) groups excluding carboxylic acids is 1. The molecule has 0 radical (unpaired) electrons. The van der Waals surface area contributed by atoms with Gasteiger partial charge in [-0.25, -0.2) is 17.8 Å². The molecule has 2 aliphatic heterocycles. The number of hydrogen-bond acceptors (Lipinski definition) is 5. The highest BCUT2D eigenvalue weighted by molar-refractivity contribution is 7.90. The van der Waals surface area contributed by atoms with Crippen LogP contribution in [0.4, 0.5) is 10.2 Å². The van der Waals surface area contributed by atoms with Crippen LogP contribution in [0.15, 0.2) is 35.4 Å². The summed E-state index contributed by atoms with van der Waals surface area (Å²) >= 11 is 0. The summed E-state index contributed by atoms with van der Waals surface area (Å²) < 4.78 is 38.0. The molecule has 1 unspecified atom stereocenters. The monoisotopic (exact) mass is 487 g/mol. The SMILES string of the molecule is CCc1cnc(N2CCC(N3CCCC(Cc4ccc(S(C)(=O)=O)cc4F)C3=O)CC2)c(C)c1. The van der Waals surface area contributed by atoms with Crippen LogP contribution in [-0.2, 0) is 27.5 Å². The van der Waals surface area contributed by atoms with Crippen molar-refractivity contribution in [2.45, 2.75) is 63.3 Å². The summed E-state index contributed by atoms with van der Waals surface area (Å²) in [6.07, 6.45) is 7.71. The van der Waals surface area contributed by atoms with E-state index in [9.17, 15) is 17.6 Å². The molecule has 2 saturated heterocycles. The van der Waals surface area contributed by atoms with Gasteiger partial charge in [-0.05, 0) is 74.3 Å². The number of carbonyl (C=O) groups is 1. The van der Waals surface area contributed by atoms with E-state index in [0.717, 1.165) is 69.9 Å². The van der Waals surface area contributed by atoms with Crippen molar-refractivity contribution in [2.24, 2.45) is 5.92 Å². The Morgan fingerprint density at radius 1 is 1.12 bits per heavy atom. The van der Waals surface area contributed by atoms with E-state index in [1.165, 1.54) is 23.3 Å². The molecule has 2 fully saturated rings. The summed E-state index contributed by atoms with van der Waals surface area (Å²) in [7, 11) is -3.46. The number of likely N-dealkylation sites (tertiary alicyclic amines) is 1. The van der Waals surface area contributed by atoms with Crippen LogP contribution in [-0.4, -0.2) is 56.1 Å². The Labute approximate surface area is 202 Å². The molecule has 0 spiro atoms. The Morgan fingerprint density at radius 3 is 2.47 bits per heavy atom. The van der Waals surface area contributed by atoms with Gasteiger partial charge >= 0.3 is 0 Å². The number of piperidine rings is 2. The largest absolute Gasteiger partial charge is 0.356 e. The molecule has 1 amide bonds. The van der Waals surface area contributed by atoms with E-state index in [1.807, 2.05) is 11.1 Å². The zero-order valence-corrected chi connectivity index (χ0v) is 21.1. The Morgan fingerprint density at radius 2 is 1.85 bits per heavy atom. The molecule has 1 atom stereocenters. The number of hydrogen-bond donors (Lipinski definition) is 0. The average molecular weight is 488 g/mol. The molecular formula is C26H34FN3O3S. The van der Waals surface area contributed by atoms with Crippen LogP contribution in [0.25, 0.3) is 0 Å². The molecule has 2 aliphatic rings. The Hall–Kier alpha value is -2.48. The minimum absolute atomic E-state index is 0.0360. The van der Waals surface area contributed by atoms with E-state index in [2.05, 4.69) is 29.8 Å². The van der Waals surface area contributed by atoms with E-state index in [0.29, 0.717) is 12.0 Å². The quantitative estimate of drug-likeness (QED) is 0.617. The third kappa shape index (κ3) is 5.27. The first-order chi connectivity index (χ1) is 16.2. The first-order valence-corrected chi connectivity index (χ1v) is 14.1. The molecule has 0 bridgehead atoms. The zero-order valence-electron chi connectivity index (χ0n) is 20.3. The van der Waals surface area contributed by atoms with Crippen LogP contribution in [0.5, 0.6) is 0 Å². The molecule has 0 aliphatic carbocycles. The third-order valence-corrected chi connectivity index (χ3v) is 8.33. The van der Waals surface area contributed by atoms with Crippen molar-refractivity contribution in [2.75, 3.05) is 30.8 Å². The number of rotatable bonds is 6. The van der Waals surface area contributed by atoms with Crippen molar-refractivity contribution in [3.05, 3.63) is 53.0 Å². The second-order valence-corrected chi connectivity index (χ2v) is 11.7. The minimum atomic E-state index is -3.46. The average Bonchev–Trinajstić information content (AvgIpc) is 2.81. The molecule has 3 heterocycles. The summed E-state index contributed by atoms with van der Waals surface area (Å²) in [6.45, 7) is 6.70. The molecule has 0 N–H and O–H groups in total. The maximum Gasteiger partial charge on any atom is 0.226 e. The van der Waals surface area contributed by atoms with Crippen molar-refractivity contribution in [1.82, 2.24) is 9.88 Å². The fourth-order valence-corrected chi connectivity index (χ4v) is 5.89. The second kappa shape index (κ2) is 10.0. The molecule has 2 aromatic rings. The topological polar surface area (TPSA) is 70.6 Å². The van der Waals surface area contributed by atoms with E-state index in [-0.39, 0.29) is 22.8 Å². The normalized spacial score (nSPS) is 20.1. The van der Waals surface area contributed by atoms with Gasteiger partial charge in [-0.2, -0.15) is 0 Å². The highest BCUT2D eigenvalue weighted by atomic mass is 32.2. The lowest BCUT2D eigenvalue weighted by atomic mass is 9.88. The third-order valence-electron chi connectivity index (χ3n) is 7.22. The minimum Gasteiger partial charge on any atom is -0.356 e. The van der Waals surface area contributed by atoms with Crippen LogP contribution in [0, 0.1) is 18.7 Å². The van der Waals surface area contributed by atoms with Gasteiger partial charge in [-0.1, -0.05) is 19.1 Å². The fourth-order valence-electron chi connectivity index (χ4n) is 5.26. The molecule has 1 aromatic carbocycles.